The maximum absolute atomic E-state index is 3.29. The van der Waals surface area contributed by atoms with Gasteiger partial charge in [0, 0.05) is 41.8 Å². The maximum atomic E-state index is 3.29. The van der Waals surface area contributed by atoms with Gasteiger partial charge in [0.25, 0.3) is 0 Å². The van der Waals surface area contributed by atoms with Crippen LogP contribution in [0.3, 0.4) is 0 Å². The SMILES string of the molecule is CCCCCCN(CCCCCC(N(C1CC1CC)C1CC1CC)N(C1(CC)CC1)C1(CC)CC1)C(C(C)CCC)N(CC(C)CCC)N(C(C)CCCC)C(C)CCCC. The van der Waals surface area contributed by atoms with Gasteiger partial charge >= 0.3 is 0 Å². The van der Waals surface area contributed by atoms with Gasteiger partial charge in [0.1, 0.15) is 0 Å². The third-order valence-electron chi connectivity index (χ3n) is 17.3. The van der Waals surface area contributed by atoms with Crippen molar-refractivity contribution in [3.05, 3.63) is 0 Å². The van der Waals surface area contributed by atoms with Crippen molar-refractivity contribution in [2.45, 2.75) is 317 Å². The van der Waals surface area contributed by atoms with Crippen LogP contribution >= 0.6 is 0 Å². The number of hydrogen-bond donors (Lipinski definition) is 0. The summed E-state index contributed by atoms with van der Waals surface area (Å²) in [6.07, 6.45) is 39.4. The quantitative estimate of drug-likeness (QED) is 0.0347. The first-order valence-corrected chi connectivity index (χ1v) is 28.4. The Morgan fingerprint density at radius 1 is 0.508 bits per heavy atom. The Balaban J connectivity index is 1.64. The van der Waals surface area contributed by atoms with Crippen molar-refractivity contribution in [3.63, 3.8) is 0 Å². The van der Waals surface area contributed by atoms with Crippen molar-refractivity contribution in [2.24, 2.45) is 23.7 Å². The van der Waals surface area contributed by atoms with Crippen LogP contribution in [-0.4, -0.2) is 91.9 Å². The minimum Gasteiger partial charge on any atom is -0.287 e. The molecule has 0 aromatic heterocycles. The zero-order valence-electron chi connectivity index (χ0n) is 43.9. The number of hydrogen-bond acceptors (Lipinski definition) is 5. The lowest BCUT2D eigenvalue weighted by molar-refractivity contribution is -0.178. The molecule has 4 fully saturated rings. The Hall–Kier alpha value is -0.200. The fraction of sp³-hybridized carbons (Fsp3) is 1.00. The minimum absolute atomic E-state index is 0.479. The second kappa shape index (κ2) is 26.8. The fourth-order valence-corrected chi connectivity index (χ4v) is 13.0. The predicted octanol–water partition coefficient (Wildman–Crippen LogP) is 15.7. The first-order chi connectivity index (χ1) is 29.5. The Morgan fingerprint density at radius 2 is 1.00 bits per heavy atom. The van der Waals surface area contributed by atoms with Gasteiger partial charge < -0.3 is 0 Å². The highest BCUT2D eigenvalue weighted by Gasteiger charge is 2.64. The normalized spacial score (nSPS) is 25.7. The summed E-state index contributed by atoms with van der Waals surface area (Å²) < 4.78 is 0. The minimum atomic E-state index is 0.479. The van der Waals surface area contributed by atoms with Gasteiger partial charge in [0.05, 0.1) is 12.3 Å². The molecule has 0 N–H and O–H groups in total. The van der Waals surface area contributed by atoms with E-state index in [1.807, 2.05) is 0 Å². The molecule has 0 bridgehead atoms. The number of unbranched alkanes of at least 4 members (excludes halogenated alkanes) is 7. The average Bonchev–Trinajstić information content (AvgIpc) is 4.05. The van der Waals surface area contributed by atoms with Gasteiger partial charge in [-0.25, -0.2) is 10.0 Å². The van der Waals surface area contributed by atoms with Crippen molar-refractivity contribution in [3.8, 4) is 0 Å². The highest BCUT2D eigenvalue weighted by atomic mass is 15.7. The molecule has 4 saturated carbocycles. The summed E-state index contributed by atoms with van der Waals surface area (Å²) >= 11 is 0. The van der Waals surface area contributed by atoms with E-state index in [9.17, 15) is 0 Å². The lowest BCUT2D eigenvalue weighted by Gasteiger charge is -2.52. The van der Waals surface area contributed by atoms with E-state index >= 15 is 0 Å². The zero-order valence-corrected chi connectivity index (χ0v) is 43.9. The van der Waals surface area contributed by atoms with E-state index in [0.29, 0.717) is 47.3 Å². The second-order valence-corrected chi connectivity index (χ2v) is 22.4. The molecule has 5 nitrogen and oxygen atoms in total. The van der Waals surface area contributed by atoms with Gasteiger partial charge in [-0.05, 0) is 147 Å². The molecule has 0 aliphatic heterocycles. The lowest BCUT2D eigenvalue weighted by atomic mass is 9.97. The van der Waals surface area contributed by atoms with Gasteiger partial charge in [-0.1, -0.05) is 160 Å². The van der Waals surface area contributed by atoms with Crippen molar-refractivity contribution in [1.82, 2.24) is 24.7 Å². The van der Waals surface area contributed by atoms with Crippen LogP contribution in [0.1, 0.15) is 270 Å². The van der Waals surface area contributed by atoms with E-state index in [1.165, 1.54) is 199 Å². The van der Waals surface area contributed by atoms with Crippen LogP contribution in [-0.2, 0) is 0 Å². The molecule has 0 spiro atoms. The number of rotatable bonds is 39. The molecule has 0 heterocycles. The second-order valence-electron chi connectivity index (χ2n) is 22.4. The van der Waals surface area contributed by atoms with Crippen molar-refractivity contribution < 1.29 is 0 Å². The van der Waals surface area contributed by atoms with E-state index in [1.54, 1.807) is 0 Å². The molecule has 10 unspecified atom stereocenters. The third kappa shape index (κ3) is 14.9. The maximum Gasteiger partial charge on any atom is 0.0786 e. The predicted molar refractivity (Wildman–Crippen MR) is 269 cm³/mol. The molecule has 0 amide bonds. The molecule has 10 atom stereocenters. The van der Waals surface area contributed by atoms with E-state index in [-0.39, 0.29) is 0 Å². The van der Waals surface area contributed by atoms with Crippen LogP contribution < -0.4 is 0 Å². The Bertz CT molecular complexity index is 1100. The number of hydrazine groups is 1. The first-order valence-electron chi connectivity index (χ1n) is 28.4. The van der Waals surface area contributed by atoms with Crippen LogP contribution in [0.5, 0.6) is 0 Å². The van der Waals surface area contributed by atoms with E-state index in [0.717, 1.165) is 23.9 Å². The summed E-state index contributed by atoms with van der Waals surface area (Å²) in [6, 6.07) is 2.86. The van der Waals surface area contributed by atoms with E-state index in [2.05, 4.69) is 115 Å². The molecule has 61 heavy (non-hydrogen) atoms. The molecular formula is C56H111N5. The fourth-order valence-electron chi connectivity index (χ4n) is 13.0. The molecule has 4 rings (SSSR count). The molecule has 4 aliphatic rings. The summed E-state index contributed by atoms with van der Waals surface area (Å²) in [6.45, 7) is 36.2. The Labute approximate surface area is 384 Å². The van der Waals surface area contributed by atoms with Crippen molar-refractivity contribution in [2.75, 3.05) is 19.6 Å². The molecular weight excluding hydrogens is 743 g/mol. The molecule has 0 radical (unpaired) electrons. The van der Waals surface area contributed by atoms with Crippen molar-refractivity contribution >= 4 is 0 Å². The highest BCUT2D eigenvalue weighted by molar-refractivity contribution is 5.18. The van der Waals surface area contributed by atoms with Crippen LogP contribution in [0, 0.1) is 23.7 Å². The Morgan fingerprint density at radius 3 is 1.41 bits per heavy atom. The van der Waals surface area contributed by atoms with Gasteiger partial charge in [-0.2, -0.15) is 0 Å². The standard InChI is InChI=1S/C56H111N5/c1-14-23-26-29-40-57(54(46(11)32-18-5)58(44-45(10)31-17-4)60(47(12)33-24-15-2)48(13)34-25-16-3)41-30-27-28-35-53(59(51-42-49(51)19-6)52-43-50(52)20-7)61(55(21-8)36-37-55)56(22-9)38-39-56/h45-54H,14-44H2,1-13H3. The van der Waals surface area contributed by atoms with Gasteiger partial charge in [0.2, 0.25) is 0 Å². The van der Waals surface area contributed by atoms with Gasteiger partial charge in [0.15, 0.2) is 0 Å². The third-order valence-corrected chi connectivity index (χ3v) is 17.3. The smallest absolute Gasteiger partial charge is 0.0786 e. The zero-order chi connectivity index (χ0) is 44.6. The molecule has 360 valence electrons. The summed E-state index contributed by atoms with van der Waals surface area (Å²) in [5.41, 5.74) is 0.959. The molecule has 5 heteroatoms. The summed E-state index contributed by atoms with van der Waals surface area (Å²) in [4.78, 5) is 9.64. The summed E-state index contributed by atoms with van der Waals surface area (Å²) in [7, 11) is 0. The van der Waals surface area contributed by atoms with Gasteiger partial charge in [-0.3, -0.25) is 14.7 Å². The first kappa shape index (κ1) is 53.4. The number of nitrogens with zero attached hydrogens (tertiary/aromatic N) is 5. The lowest BCUT2D eigenvalue weighted by Crippen LogP contribution is -2.63. The van der Waals surface area contributed by atoms with Crippen molar-refractivity contribution in [1.29, 1.82) is 0 Å². The van der Waals surface area contributed by atoms with Crippen LogP contribution in [0.2, 0.25) is 0 Å². The van der Waals surface area contributed by atoms with Crippen LogP contribution in [0.4, 0.5) is 0 Å². The monoisotopic (exact) mass is 854 g/mol. The highest BCUT2D eigenvalue weighted by Crippen LogP contribution is 2.60. The van der Waals surface area contributed by atoms with E-state index in [4.69, 9.17) is 0 Å². The largest absolute Gasteiger partial charge is 0.287 e. The van der Waals surface area contributed by atoms with E-state index < -0.39 is 0 Å². The topological polar surface area (TPSA) is 16.2 Å². The van der Waals surface area contributed by atoms with Gasteiger partial charge in [-0.15, -0.1) is 0 Å². The molecule has 4 aliphatic carbocycles. The van der Waals surface area contributed by atoms with Crippen LogP contribution in [0.25, 0.3) is 0 Å². The summed E-state index contributed by atoms with van der Waals surface area (Å²) in [5.74, 6) is 3.24. The molecule has 0 saturated heterocycles. The van der Waals surface area contributed by atoms with Crippen LogP contribution in [0.15, 0.2) is 0 Å². The summed E-state index contributed by atoms with van der Waals surface area (Å²) in [5, 5.41) is 6.07. The Kier molecular flexibility index (Phi) is 23.5. The average molecular weight is 855 g/mol. The molecule has 0 aromatic carbocycles. The molecule has 0 aromatic rings.